The molecule has 0 aromatic heterocycles. The molecule has 1 aliphatic rings. The molecule has 1 aromatic carbocycles. The molecule has 0 radical (unpaired) electrons. The van der Waals surface area contributed by atoms with Crippen molar-refractivity contribution >= 4 is 31.7 Å². The van der Waals surface area contributed by atoms with E-state index in [1.807, 2.05) is 0 Å². The van der Waals surface area contributed by atoms with Gasteiger partial charge in [-0.15, -0.1) is 0 Å². The minimum Gasteiger partial charge on any atom is -0.478 e. The molecule has 0 saturated heterocycles. The van der Waals surface area contributed by atoms with E-state index in [0.29, 0.717) is 0 Å². The number of aromatic carboxylic acids is 1. The van der Waals surface area contributed by atoms with Crippen LogP contribution in [0.2, 0.25) is 0 Å². The summed E-state index contributed by atoms with van der Waals surface area (Å²) in [5, 5.41) is 8.82. The molecule has 1 N–H and O–H groups in total. The van der Waals surface area contributed by atoms with Crippen molar-refractivity contribution in [1.82, 2.24) is 0 Å². The first-order valence-electron chi connectivity index (χ1n) is 5.26. The number of benzene rings is 1. The first-order chi connectivity index (χ1) is 8.31. The van der Waals surface area contributed by atoms with Crippen LogP contribution in [0.25, 0.3) is 0 Å². The van der Waals surface area contributed by atoms with Crippen LogP contribution in [0.4, 0.5) is 4.39 Å². The molecule has 0 bridgehead atoms. The van der Waals surface area contributed by atoms with Gasteiger partial charge in [-0.05, 0) is 30.9 Å². The summed E-state index contributed by atoms with van der Waals surface area (Å²) in [5.41, 5.74) is -0.640. The average Bonchev–Trinajstić information content (AvgIpc) is 3.03. The molecule has 4 nitrogen and oxygen atoms in total. The Bertz CT molecular complexity index is 608. The van der Waals surface area contributed by atoms with Crippen LogP contribution in [0.3, 0.4) is 0 Å². The predicted octanol–water partition coefficient (Wildman–Crippen LogP) is 2.47. The fourth-order valence-electron chi connectivity index (χ4n) is 1.63. The summed E-state index contributed by atoms with van der Waals surface area (Å²) in [7, 11) is -3.77. The molecular weight excluding hydrogens is 327 g/mol. The van der Waals surface area contributed by atoms with Crippen molar-refractivity contribution in [2.75, 3.05) is 5.75 Å². The van der Waals surface area contributed by atoms with E-state index in [4.69, 9.17) is 5.11 Å². The minimum atomic E-state index is -3.77. The van der Waals surface area contributed by atoms with E-state index in [1.165, 1.54) is 0 Å². The predicted molar refractivity (Wildman–Crippen MR) is 65.8 cm³/mol. The maximum atomic E-state index is 13.9. The van der Waals surface area contributed by atoms with Crippen LogP contribution in [0, 0.1) is 11.7 Å². The van der Waals surface area contributed by atoms with Crippen molar-refractivity contribution < 1.29 is 22.7 Å². The summed E-state index contributed by atoms with van der Waals surface area (Å²) in [5.74, 6) is -2.73. The van der Waals surface area contributed by atoms with Crippen LogP contribution >= 0.6 is 15.9 Å². The standard InChI is InChI=1S/C11H10BrFO4S/c12-7-3-8(11(14)15)10(13)9(4-7)18(16,17)5-6-1-2-6/h3-4,6H,1-2,5H2,(H,14,15). The van der Waals surface area contributed by atoms with Crippen molar-refractivity contribution in [3.8, 4) is 0 Å². The van der Waals surface area contributed by atoms with Crippen molar-refractivity contribution in [3.05, 3.63) is 28.0 Å². The van der Waals surface area contributed by atoms with E-state index < -0.39 is 32.1 Å². The van der Waals surface area contributed by atoms with E-state index in [0.717, 1.165) is 25.0 Å². The Morgan fingerprint density at radius 3 is 2.56 bits per heavy atom. The highest BCUT2D eigenvalue weighted by Crippen LogP contribution is 2.34. The van der Waals surface area contributed by atoms with Crippen LogP contribution in [-0.2, 0) is 9.84 Å². The number of sulfone groups is 1. The molecule has 2 rings (SSSR count). The van der Waals surface area contributed by atoms with Crippen LogP contribution in [0.5, 0.6) is 0 Å². The molecule has 1 aliphatic carbocycles. The topological polar surface area (TPSA) is 71.4 Å². The number of hydrogen-bond donors (Lipinski definition) is 1. The summed E-state index contributed by atoms with van der Waals surface area (Å²) in [6.07, 6.45) is 1.64. The molecule has 0 heterocycles. The third kappa shape index (κ3) is 2.72. The fraction of sp³-hybridized carbons (Fsp3) is 0.364. The number of carboxylic acids is 1. The van der Waals surface area contributed by atoms with E-state index in [1.54, 1.807) is 0 Å². The highest BCUT2D eigenvalue weighted by Gasteiger charge is 2.32. The van der Waals surface area contributed by atoms with Crippen molar-refractivity contribution in [3.63, 3.8) is 0 Å². The lowest BCUT2D eigenvalue weighted by atomic mass is 10.2. The lowest BCUT2D eigenvalue weighted by molar-refractivity contribution is 0.0691. The summed E-state index contributed by atoms with van der Waals surface area (Å²) >= 11 is 3.00. The summed E-state index contributed by atoms with van der Waals surface area (Å²) in [6.45, 7) is 0. The quantitative estimate of drug-likeness (QED) is 0.916. The van der Waals surface area contributed by atoms with Crippen molar-refractivity contribution in [1.29, 1.82) is 0 Å². The van der Waals surface area contributed by atoms with Gasteiger partial charge >= 0.3 is 5.97 Å². The molecule has 0 aliphatic heterocycles. The maximum Gasteiger partial charge on any atom is 0.338 e. The van der Waals surface area contributed by atoms with Gasteiger partial charge in [0.2, 0.25) is 0 Å². The number of halogens is 2. The van der Waals surface area contributed by atoms with Gasteiger partial charge in [0, 0.05) is 4.47 Å². The number of rotatable bonds is 4. The molecule has 0 atom stereocenters. The SMILES string of the molecule is O=C(O)c1cc(Br)cc(S(=O)(=O)CC2CC2)c1F. The summed E-state index contributed by atoms with van der Waals surface area (Å²) in [6, 6.07) is 2.16. The molecular formula is C11H10BrFO4S. The Balaban J connectivity index is 2.52. The molecule has 98 valence electrons. The average molecular weight is 337 g/mol. The molecule has 0 unspecified atom stereocenters. The Hall–Kier alpha value is -0.950. The zero-order chi connectivity index (χ0) is 13.5. The lowest BCUT2D eigenvalue weighted by Gasteiger charge is -2.08. The highest BCUT2D eigenvalue weighted by atomic mass is 79.9. The second kappa shape index (κ2) is 4.62. The second-order valence-electron chi connectivity index (χ2n) is 4.30. The van der Waals surface area contributed by atoms with Gasteiger partial charge in [0.25, 0.3) is 0 Å². The van der Waals surface area contributed by atoms with Gasteiger partial charge in [-0.1, -0.05) is 15.9 Å². The maximum absolute atomic E-state index is 13.9. The first kappa shape index (κ1) is 13.5. The lowest BCUT2D eigenvalue weighted by Crippen LogP contribution is -2.13. The van der Waals surface area contributed by atoms with Crippen LogP contribution in [0.15, 0.2) is 21.5 Å². The van der Waals surface area contributed by atoms with Crippen molar-refractivity contribution in [2.24, 2.45) is 5.92 Å². The largest absolute Gasteiger partial charge is 0.478 e. The highest BCUT2D eigenvalue weighted by molar-refractivity contribution is 9.10. The van der Waals surface area contributed by atoms with Crippen LogP contribution in [0.1, 0.15) is 23.2 Å². The normalized spacial score (nSPS) is 15.7. The van der Waals surface area contributed by atoms with Crippen LogP contribution < -0.4 is 0 Å². The van der Waals surface area contributed by atoms with Gasteiger partial charge in [0.05, 0.1) is 11.3 Å². The Morgan fingerprint density at radius 2 is 2.06 bits per heavy atom. The Morgan fingerprint density at radius 1 is 1.44 bits per heavy atom. The summed E-state index contributed by atoms with van der Waals surface area (Å²) in [4.78, 5) is 10.3. The second-order valence-corrected chi connectivity index (χ2v) is 7.21. The zero-order valence-corrected chi connectivity index (χ0v) is 11.6. The third-order valence-electron chi connectivity index (χ3n) is 2.72. The smallest absolute Gasteiger partial charge is 0.338 e. The Kier molecular flexibility index (Phi) is 3.46. The minimum absolute atomic E-state index is 0.0710. The van der Waals surface area contributed by atoms with Crippen molar-refractivity contribution in [2.45, 2.75) is 17.7 Å². The zero-order valence-electron chi connectivity index (χ0n) is 9.19. The summed E-state index contributed by atoms with van der Waals surface area (Å²) < 4.78 is 38.1. The molecule has 1 fully saturated rings. The van der Waals surface area contributed by atoms with E-state index in [2.05, 4.69) is 15.9 Å². The molecule has 7 heteroatoms. The van der Waals surface area contributed by atoms with Gasteiger partial charge in [0.15, 0.2) is 15.7 Å². The number of carboxylic acid groups (broad SMARTS) is 1. The molecule has 18 heavy (non-hydrogen) atoms. The first-order valence-corrected chi connectivity index (χ1v) is 7.71. The van der Waals surface area contributed by atoms with E-state index in [9.17, 15) is 17.6 Å². The number of carbonyl (C=O) groups is 1. The Labute approximate surface area is 112 Å². The van der Waals surface area contributed by atoms with Gasteiger partial charge in [0.1, 0.15) is 4.90 Å². The third-order valence-corrected chi connectivity index (χ3v) is 5.06. The van der Waals surface area contributed by atoms with Gasteiger partial charge in [-0.2, -0.15) is 0 Å². The van der Waals surface area contributed by atoms with E-state index >= 15 is 0 Å². The van der Waals surface area contributed by atoms with Gasteiger partial charge in [-0.3, -0.25) is 0 Å². The van der Waals surface area contributed by atoms with E-state index in [-0.39, 0.29) is 16.1 Å². The van der Waals surface area contributed by atoms with Gasteiger partial charge < -0.3 is 5.11 Å². The molecule has 1 aromatic rings. The van der Waals surface area contributed by atoms with Crippen LogP contribution in [-0.4, -0.2) is 25.2 Å². The van der Waals surface area contributed by atoms with Gasteiger partial charge in [-0.25, -0.2) is 17.6 Å². The fourth-order valence-corrected chi connectivity index (χ4v) is 4.06. The monoisotopic (exact) mass is 336 g/mol. The molecule has 0 amide bonds. The molecule has 1 saturated carbocycles. The number of hydrogen-bond acceptors (Lipinski definition) is 3. The molecule has 0 spiro atoms.